The van der Waals surface area contributed by atoms with Gasteiger partial charge in [-0.15, -0.1) is 0 Å². The molecule has 70 valence electrons. The molecule has 1 fully saturated rings. The molecular weight excluding hydrogens is 171 g/mol. The summed E-state index contributed by atoms with van der Waals surface area (Å²) >= 11 is 1.89. The second-order valence-corrected chi connectivity index (χ2v) is 5.28. The largest absolute Gasteiger partial charge is 0.462 e. The molecule has 0 saturated carbocycles. The third kappa shape index (κ3) is 3.38. The molecule has 1 aliphatic rings. The van der Waals surface area contributed by atoms with Crippen LogP contribution in [0.2, 0.25) is 5.31 Å². The molecule has 0 amide bonds. The maximum Gasteiger partial charge on any atom is 0.462 e. The van der Waals surface area contributed by atoms with Gasteiger partial charge in [0.1, 0.15) is 0 Å². The minimum atomic E-state index is -0.0293. The van der Waals surface area contributed by atoms with E-state index in [1.165, 1.54) is 0 Å². The van der Waals surface area contributed by atoms with Gasteiger partial charge in [-0.2, -0.15) is 11.8 Å². The quantitative estimate of drug-likeness (QED) is 0.542. The first-order valence-electron chi connectivity index (χ1n) is 4.41. The van der Waals surface area contributed by atoms with Crippen LogP contribution in [-0.2, 0) is 9.31 Å². The van der Waals surface area contributed by atoms with E-state index in [0.717, 1.165) is 24.7 Å². The van der Waals surface area contributed by atoms with Crippen molar-refractivity contribution in [3.63, 3.8) is 0 Å². The van der Waals surface area contributed by atoms with Crippen LogP contribution < -0.4 is 0 Å². The summed E-state index contributed by atoms with van der Waals surface area (Å²) in [6, 6.07) is 0. The van der Waals surface area contributed by atoms with E-state index in [9.17, 15) is 0 Å². The fraction of sp³-hybridized carbons (Fsp3) is 1.00. The lowest BCUT2D eigenvalue weighted by molar-refractivity contribution is 0.193. The Morgan fingerprint density at radius 3 is 2.00 bits per heavy atom. The van der Waals surface area contributed by atoms with Crippen LogP contribution in [-0.4, -0.2) is 31.8 Å². The highest BCUT2D eigenvalue weighted by molar-refractivity contribution is 7.99. The molecule has 0 aliphatic carbocycles. The van der Waals surface area contributed by atoms with Crippen LogP contribution >= 0.6 is 11.8 Å². The van der Waals surface area contributed by atoms with Crippen molar-refractivity contribution in [2.75, 3.05) is 24.7 Å². The predicted molar refractivity (Wildman–Crippen MR) is 54.7 cm³/mol. The first-order chi connectivity index (χ1) is 5.61. The summed E-state index contributed by atoms with van der Waals surface area (Å²) in [5.41, 5.74) is 0. The molecule has 0 spiro atoms. The van der Waals surface area contributed by atoms with Crippen LogP contribution in [0, 0.1) is 0 Å². The fourth-order valence-corrected chi connectivity index (χ4v) is 1.71. The molecule has 0 N–H and O–H groups in total. The van der Waals surface area contributed by atoms with Crippen molar-refractivity contribution in [1.82, 2.24) is 0 Å². The zero-order valence-corrected chi connectivity index (χ0v) is 8.95. The summed E-state index contributed by atoms with van der Waals surface area (Å²) in [6.45, 7) is 8.06. The van der Waals surface area contributed by atoms with Gasteiger partial charge in [-0.25, -0.2) is 0 Å². The molecule has 2 nitrogen and oxygen atoms in total. The maximum atomic E-state index is 5.60. The highest BCUT2D eigenvalue weighted by atomic mass is 32.2. The average molecular weight is 188 g/mol. The van der Waals surface area contributed by atoms with E-state index in [1.807, 2.05) is 11.8 Å². The SMILES string of the molecule is CC(C)(C)B1OCCSCCO1. The van der Waals surface area contributed by atoms with Gasteiger partial charge >= 0.3 is 7.12 Å². The number of hydrogen-bond donors (Lipinski definition) is 0. The van der Waals surface area contributed by atoms with E-state index in [-0.39, 0.29) is 12.4 Å². The lowest BCUT2D eigenvalue weighted by Crippen LogP contribution is -2.35. The van der Waals surface area contributed by atoms with Crippen LogP contribution in [0.15, 0.2) is 0 Å². The van der Waals surface area contributed by atoms with E-state index < -0.39 is 0 Å². The Hall–Kier alpha value is 0.335. The van der Waals surface area contributed by atoms with E-state index in [2.05, 4.69) is 20.8 Å². The molecule has 1 heterocycles. The second-order valence-electron chi connectivity index (χ2n) is 4.05. The summed E-state index contributed by atoms with van der Waals surface area (Å²) in [5.74, 6) is 2.19. The van der Waals surface area contributed by atoms with E-state index >= 15 is 0 Å². The summed E-state index contributed by atoms with van der Waals surface area (Å²) in [6.07, 6.45) is 0. The van der Waals surface area contributed by atoms with Crippen molar-refractivity contribution in [2.24, 2.45) is 0 Å². The van der Waals surface area contributed by atoms with Gasteiger partial charge in [0.25, 0.3) is 0 Å². The van der Waals surface area contributed by atoms with Gasteiger partial charge < -0.3 is 9.31 Å². The number of rotatable bonds is 0. The molecule has 1 aliphatic heterocycles. The third-order valence-electron chi connectivity index (χ3n) is 1.70. The van der Waals surface area contributed by atoms with Crippen molar-refractivity contribution in [1.29, 1.82) is 0 Å². The molecule has 0 unspecified atom stereocenters. The lowest BCUT2D eigenvalue weighted by Gasteiger charge is -2.27. The molecule has 0 aromatic heterocycles. The minimum absolute atomic E-state index is 0.0293. The van der Waals surface area contributed by atoms with Crippen molar-refractivity contribution >= 4 is 18.9 Å². The molecule has 12 heavy (non-hydrogen) atoms. The van der Waals surface area contributed by atoms with Crippen molar-refractivity contribution in [3.05, 3.63) is 0 Å². The Morgan fingerprint density at radius 2 is 1.58 bits per heavy atom. The Morgan fingerprint density at radius 1 is 1.08 bits per heavy atom. The highest BCUT2D eigenvalue weighted by Gasteiger charge is 2.34. The summed E-state index contributed by atoms with van der Waals surface area (Å²) in [7, 11) is -0.0293. The van der Waals surface area contributed by atoms with Crippen LogP contribution in [0.1, 0.15) is 20.8 Å². The van der Waals surface area contributed by atoms with Gasteiger partial charge in [-0.3, -0.25) is 0 Å². The van der Waals surface area contributed by atoms with Crippen LogP contribution in [0.3, 0.4) is 0 Å². The fourth-order valence-electron chi connectivity index (χ4n) is 1.08. The molecular formula is C8H17BO2S. The zero-order valence-electron chi connectivity index (χ0n) is 8.13. The third-order valence-corrected chi connectivity index (χ3v) is 2.61. The van der Waals surface area contributed by atoms with E-state index in [0.29, 0.717) is 0 Å². The maximum absolute atomic E-state index is 5.60. The molecule has 0 aromatic rings. The highest BCUT2D eigenvalue weighted by Crippen LogP contribution is 2.28. The molecule has 4 heteroatoms. The normalized spacial score (nSPS) is 21.8. The van der Waals surface area contributed by atoms with E-state index in [4.69, 9.17) is 9.31 Å². The Bertz CT molecular complexity index is 128. The first kappa shape index (κ1) is 10.4. The van der Waals surface area contributed by atoms with Gasteiger partial charge in [0.15, 0.2) is 0 Å². The van der Waals surface area contributed by atoms with Gasteiger partial charge in [0.05, 0.1) is 0 Å². The van der Waals surface area contributed by atoms with Crippen LogP contribution in [0.5, 0.6) is 0 Å². The smallest absolute Gasteiger partial charge is 0.410 e. The van der Waals surface area contributed by atoms with Crippen molar-refractivity contribution in [2.45, 2.75) is 26.1 Å². The van der Waals surface area contributed by atoms with Gasteiger partial charge in [-0.1, -0.05) is 20.8 Å². The van der Waals surface area contributed by atoms with Gasteiger partial charge in [-0.05, 0) is 5.31 Å². The topological polar surface area (TPSA) is 18.5 Å². The molecule has 0 atom stereocenters. The summed E-state index contributed by atoms with van der Waals surface area (Å²) in [5, 5.41) is 0.0992. The molecule has 0 aromatic carbocycles. The summed E-state index contributed by atoms with van der Waals surface area (Å²) < 4.78 is 11.2. The zero-order chi connectivity index (χ0) is 9.03. The standard InChI is InChI=1S/C8H17BO2S/c1-8(2,3)9-10-4-6-12-7-5-11-9/h4-7H2,1-3H3. The number of thioether (sulfide) groups is 1. The van der Waals surface area contributed by atoms with Gasteiger partial charge in [0, 0.05) is 24.7 Å². The predicted octanol–water partition coefficient (Wildman–Crippen LogP) is 2.05. The Balaban J connectivity index is 2.40. The Labute approximate surface area is 79.5 Å². The molecule has 0 radical (unpaired) electrons. The van der Waals surface area contributed by atoms with Crippen LogP contribution in [0.25, 0.3) is 0 Å². The number of hydrogen-bond acceptors (Lipinski definition) is 3. The minimum Gasteiger partial charge on any atom is -0.410 e. The first-order valence-corrected chi connectivity index (χ1v) is 5.57. The summed E-state index contributed by atoms with van der Waals surface area (Å²) in [4.78, 5) is 0. The van der Waals surface area contributed by atoms with Crippen molar-refractivity contribution in [3.8, 4) is 0 Å². The molecule has 0 bridgehead atoms. The Kier molecular flexibility index (Phi) is 3.94. The molecule has 1 saturated heterocycles. The lowest BCUT2D eigenvalue weighted by atomic mass is 9.61. The van der Waals surface area contributed by atoms with Crippen molar-refractivity contribution < 1.29 is 9.31 Å². The average Bonchev–Trinajstić information content (AvgIpc) is 1.81. The van der Waals surface area contributed by atoms with E-state index in [1.54, 1.807) is 0 Å². The monoisotopic (exact) mass is 188 g/mol. The molecule has 1 rings (SSSR count). The van der Waals surface area contributed by atoms with Crippen LogP contribution in [0.4, 0.5) is 0 Å². The van der Waals surface area contributed by atoms with Gasteiger partial charge in [0.2, 0.25) is 0 Å². The second kappa shape index (κ2) is 4.54.